The first-order chi connectivity index (χ1) is 2.91. The molecule has 0 aromatic heterocycles. The van der Waals surface area contributed by atoms with Crippen molar-refractivity contribution < 1.29 is 0 Å². The summed E-state index contributed by atoms with van der Waals surface area (Å²) in [5, 5.41) is 0. The Bertz CT molecular complexity index is 16.1. The van der Waals surface area contributed by atoms with Crippen LogP contribution in [-0.4, -0.2) is 0 Å². The fraction of sp³-hybridized carbons (Fsp3) is 0.833. The molecule has 0 unspecified atom stereocenters. The van der Waals surface area contributed by atoms with E-state index in [1.165, 1.54) is 19.3 Å². The summed E-state index contributed by atoms with van der Waals surface area (Å²) in [6.07, 6.45) is 5.07. The van der Waals surface area contributed by atoms with Crippen LogP contribution in [0.3, 0.4) is 0 Å². The van der Waals surface area contributed by atoms with E-state index >= 15 is 0 Å². The fourth-order valence-corrected chi connectivity index (χ4v) is 0.427. The van der Waals surface area contributed by atoms with Gasteiger partial charge in [-0.05, 0) is 0 Å². The monoisotopic (exact) mass is 352 g/mol. The van der Waals surface area contributed by atoms with Crippen LogP contribution >= 0.6 is 0 Å². The molecule has 1 heteroatoms. The molecule has 0 aliphatic carbocycles. The zero-order valence-corrected chi connectivity index (χ0v) is 11.6. The number of unbranched alkanes of at least 4 members (excludes halogenated alkanes) is 3. The Balaban J connectivity index is 0. The van der Waals surface area contributed by atoms with E-state index in [0.29, 0.717) is 0 Å². The van der Waals surface area contributed by atoms with Gasteiger partial charge in [0.15, 0.2) is 0 Å². The first kappa shape index (κ1) is 9.38. The van der Waals surface area contributed by atoms with Crippen LogP contribution in [0.4, 0.5) is 0 Å². The third-order valence-corrected chi connectivity index (χ3v) is 0.854. The molecular weight excluding hydrogens is 339 g/mol. The molecule has 40 valence electrons. The second-order valence-corrected chi connectivity index (χ2v) is 1.56. The maximum Gasteiger partial charge on any atom is 0 e. The number of hydrogen-bond acceptors (Lipinski definition) is 0. The van der Waals surface area contributed by atoms with Crippen LogP contribution in [-0.2, 0) is 0 Å². The molecule has 0 saturated heterocycles. The van der Waals surface area contributed by atoms with Gasteiger partial charge in [-0.2, -0.15) is 6.42 Å². The summed E-state index contributed by atoms with van der Waals surface area (Å²) in [4.78, 5) is 0. The smallest absolute Gasteiger partial charge is 0 e. The Morgan fingerprint density at radius 3 is 2.00 bits per heavy atom. The zero-order valence-electron chi connectivity index (χ0n) is 5.24. The topological polar surface area (TPSA) is 0 Å². The molecule has 7 heavy (non-hydrogen) atoms. The van der Waals surface area contributed by atoms with Crippen molar-refractivity contribution in [3.05, 3.63) is 6.92 Å². The van der Waals surface area contributed by atoms with Gasteiger partial charge >= 0.3 is 0 Å². The minimum absolute atomic E-state index is 0. The van der Waals surface area contributed by atoms with Crippen LogP contribution in [0, 0.1) is 6.92 Å². The molecule has 0 aliphatic rings. The van der Waals surface area contributed by atoms with E-state index < -0.39 is 0 Å². The molecule has 0 heterocycles. The van der Waals surface area contributed by atoms with Crippen LogP contribution in [0.15, 0.2) is 0 Å². The van der Waals surface area contributed by atoms with Gasteiger partial charge in [0.05, 0.1) is 0 Å². The van der Waals surface area contributed by atoms with Crippen molar-refractivity contribution in [3.8, 4) is 0 Å². The van der Waals surface area contributed by atoms with E-state index in [-0.39, 0.29) is 0 Å². The van der Waals surface area contributed by atoms with Gasteiger partial charge in [-0.25, -0.2) is 0 Å². The summed E-state index contributed by atoms with van der Waals surface area (Å²) in [5.41, 5.74) is 0. The molecule has 0 nitrogen and oxygen atoms in total. The van der Waals surface area contributed by atoms with E-state index in [0.717, 1.165) is 6.42 Å². The SMILES string of the molecule is [CH2-]CCCCC.[Rf]. The molecule has 0 bridgehead atoms. The largest absolute Gasteiger partial charge is 0.343 e. The summed E-state index contributed by atoms with van der Waals surface area (Å²) >= 11 is 0. The van der Waals surface area contributed by atoms with E-state index in [1.807, 2.05) is 0 Å². The van der Waals surface area contributed by atoms with Gasteiger partial charge in [0.2, 0.25) is 0 Å². The van der Waals surface area contributed by atoms with E-state index in [2.05, 4.69) is 13.8 Å². The van der Waals surface area contributed by atoms with Gasteiger partial charge in [0.1, 0.15) is 0 Å². The van der Waals surface area contributed by atoms with Gasteiger partial charge in [0.25, 0.3) is 0 Å². The molecular formula is C6H13Rf-. The van der Waals surface area contributed by atoms with E-state index in [4.69, 9.17) is 0 Å². The Morgan fingerprint density at radius 2 is 1.86 bits per heavy atom. The van der Waals surface area contributed by atoms with Crippen LogP contribution in [0.1, 0.15) is 32.6 Å². The van der Waals surface area contributed by atoms with E-state index in [9.17, 15) is 0 Å². The van der Waals surface area contributed by atoms with Crippen molar-refractivity contribution in [2.24, 2.45) is 0 Å². The van der Waals surface area contributed by atoms with Crippen molar-refractivity contribution >= 4 is 0 Å². The Morgan fingerprint density at radius 1 is 1.29 bits per heavy atom. The van der Waals surface area contributed by atoms with Crippen LogP contribution in [0.2, 0.25) is 0 Å². The van der Waals surface area contributed by atoms with Crippen molar-refractivity contribution in [2.75, 3.05) is 0 Å². The molecule has 0 N–H and O–H groups in total. The Kier molecular flexibility index (Phi) is 11.9. The molecule has 0 saturated carbocycles. The van der Waals surface area contributed by atoms with Gasteiger partial charge < -0.3 is 6.92 Å². The quantitative estimate of drug-likeness (QED) is 0.541. The third kappa shape index (κ3) is 11.2. The molecule has 0 aromatic rings. The standard InChI is InChI=1S/C6H13.Rf/c1-3-5-6-4-2;/h1,3-6H2,2H3;/q-1;. The third-order valence-electron chi connectivity index (χ3n) is 0.854. The molecule has 0 aliphatic heterocycles. The number of rotatable bonds is 3. The summed E-state index contributed by atoms with van der Waals surface area (Å²) in [6.45, 7) is 5.93. The summed E-state index contributed by atoms with van der Waals surface area (Å²) in [6, 6.07) is 0. The van der Waals surface area contributed by atoms with Crippen molar-refractivity contribution in [2.45, 2.75) is 32.6 Å². The van der Waals surface area contributed by atoms with Gasteiger partial charge in [-0.15, -0.1) is 0 Å². The normalized spacial score (nSPS) is 7.71. The average Bonchev–Trinajstić information content (AvgIpc) is 1.61. The molecule has 0 spiro atoms. The van der Waals surface area contributed by atoms with Crippen LogP contribution in [0.5, 0.6) is 0 Å². The fourth-order valence-electron chi connectivity index (χ4n) is 0.427. The van der Waals surface area contributed by atoms with Crippen molar-refractivity contribution in [1.82, 2.24) is 0 Å². The molecule has 0 amide bonds. The second kappa shape index (κ2) is 8.89. The molecule has 0 aromatic carbocycles. The molecule has 0 rings (SSSR count). The maximum atomic E-state index is 3.72. The predicted molar refractivity (Wildman–Crippen MR) is 29.5 cm³/mol. The summed E-state index contributed by atoms with van der Waals surface area (Å²) in [5.74, 6) is 0. The first-order valence-corrected chi connectivity index (χ1v) is 2.71. The molecule has 0 fully saturated rings. The second-order valence-electron chi connectivity index (χ2n) is 1.56. The van der Waals surface area contributed by atoms with Crippen LogP contribution < -0.4 is 0 Å². The van der Waals surface area contributed by atoms with Crippen LogP contribution in [0.25, 0.3) is 0 Å². The van der Waals surface area contributed by atoms with Crippen molar-refractivity contribution in [3.63, 3.8) is 0 Å². The van der Waals surface area contributed by atoms with Gasteiger partial charge in [-0.3, -0.25) is 0 Å². The minimum atomic E-state index is 0. The Labute approximate surface area is 40.6 Å². The summed E-state index contributed by atoms with van der Waals surface area (Å²) < 4.78 is 0. The predicted octanol–water partition coefficient (Wildman–Crippen LogP) is 2.40. The summed E-state index contributed by atoms with van der Waals surface area (Å²) in [7, 11) is 0. The first-order valence-electron chi connectivity index (χ1n) is 2.71. The van der Waals surface area contributed by atoms with Gasteiger partial charge in [-0.1, -0.05) is 26.2 Å². The molecule has 0 radical (unpaired) electrons. The maximum absolute atomic E-state index is 3.72. The number of hydrogen-bond donors (Lipinski definition) is 0. The van der Waals surface area contributed by atoms with Gasteiger partial charge in [0, 0.05) is 0 Å². The van der Waals surface area contributed by atoms with Crippen molar-refractivity contribution in [1.29, 1.82) is 0 Å². The minimum Gasteiger partial charge on any atom is -0.343 e. The average molecular weight is 352 g/mol. The van der Waals surface area contributed by atoms with E-state index in [1.54, 1.807) is 0 Å². The molecule has 0 atom stereocenters. The zero-order chi connectivity index (χ0) is 4.83. The Hall–Kier alpha value is -1.00.